The molecule has 1 fully saturated rings. The second-order valence-corrected chi connectivity index (χ2v) is 2.38. The van der Waals surface area contributed by atoms with Crippen LogP contribution < -0.4 is 5.32 Å². The molecule has 0 aliphatic carbocycles. The molecule has 0 unspecified atom stereocenters. The van der Waals surface area contributed by atoms with Crippen LogP contribution in [0.15, 0.2) is 0 Å². The van der Waals surface area contributed by atoms with E-state index in [0.29, 0.717) is 12.1 Å². The fourth-order valence-electron chi connectivity index (χ4n) is 0.930. The molecule has 2 atom stereocenters. The number of nitrogens with zero attached hydrogens (tertiary/aromatic N) is 1. The van der Waals surface area contributed by atoms with Crippen molar-refractivity contribution in [1.82, 2.24) is 5.32 Å². The lowest BCUT2D eigenvalue weighted by Crippen LogP contribution is -2.39. The topological polar surface area (TPSA) is 23.3 Å². The molecule has 0 spiro atoms. The lowest BCUT2D eigenvalue weighted by atomic mass is 10.2. The fourth-order valence-corrected chi connectivity index (χ4v) is 0.930. The first-order valence-corrected chi connectivity index (χ1v) is 3.06. The van der Waals surface area contributed by atoms with Crippen LogP contribution in [0.5, 0.6) is 0 Å². The Bertz CT molecular complexity index is 66.9. The van der Waals surface area contributed by atoms with Crippen molar-refractivity contribution >= 4 is 0 Å². The Labute approximate surface area is 50.2 Å². The molecule has 1 radical (unpaired) electrons. The lowest BCUT2D eigenvalue weighted by Gasteiger charge is -2.23. The van der Waals surface area contributed by atoms with E-state index in [-0.39, 0.29) is 0 Å². The maximum atomic E-state index is 5.20. The van der Waals surface area contributed by atoms with Crippen molar-refractivity contribution in [2.24, 2.45) is 0 Å². The van der Waals surface area contributed by atoms with E-state index in [0.717, 1.165) is 13.2 Å². The van der Waals surface area contributed by atoms with Gasteiger partial charge in [-0.05, 0) is 13.8 Å². The molecule has 0 amide bonds. The summed E-state index contributed by atoms with van der Waals surface area (Å²) in [7, 11) is 0. The van der Waals surface area contributed by atoms with Crippen LogP contribution in [0.4, 0.5) is 0 Å². The van der Waals surface area contributed by atoms with Crippen LogP contribution in [-0.4, -0.2) is 25.3 Å². The summed E-state index contributed by atoms with van der Waals surface area (Å²) in [6, 6.07) is 0.831. The van der Waals surface area contributed by atoms with Crippen LogP contribution in [-0.2, 0) is 4.74 Å². The van der Waals surface area contributed by atoms with Gasteiger partial charge < -0.3 is 4.74 Å². The predicted molar refractivity (Wildman–Crippen MR) is 31.9 cm³/mol. The largest absolute Gasteiger partial charge is 0.378 e. The highest BCUT2D eigenvalue weighted by Gasteiger charge is 2.14. The van der Waals surface area contributed by atoms with Crippen LogP contribution in [0.25, 0.3) is 0 Å². The smallest absolute Gasteiger partial charge is 0.0634 e. The second-order valence-electron chi connectivity index (χ2n) is 2.38. The molecule has 2 heteroatoms. The minimum absolute atomic E-state index is 0.416. The van der Waals surface area contributed by atoms with Gasteiger partial charge in [0, 0.05) is 12.1 Å². The molecule has 1 heterocycles. The molecule has 1 aliphatic rings. The van der Waals surface area contributed by atoms with Crippen LogP contribution >= 0.6 is 0 Å². The molecule has 0 aromatic carbocycles. The van der Waals surface area contributed by atoms with Crippen molar-refractivity contribution in [3.8, 4) is 0 Å². The average Bonchev–Trinajstić information content (AvgIpc) is 1.64. The predicted octanol–water partition coefficient (Wildman–Crippen LogP) is 0.398. The van der Waals surface area contributed by atoms with E-state index >= 15 is 0 Å². The number of morpholine rings is 1. The van der Waals surface area contributed by atoms with Crippen molar-refractivity contribution in [2.45, 2.75) is 25.9 Å². The molecule has 2 nitrogen and oxygen atoms in total. The second kappa shape index (κ2) is 2.46. The molecule has 0 aromatic heterocycles. The maximum absolute atomic E-state index is 5.20. The highest BCUT2D eigenvalue weighted by atomic mass is 16.5. The zero-order valence-electron chi connectivity index (χ0n) is 5.42. The van der Waals surface area contributed by atoms with Crippen molar-refractivity contribution in [3.05, 3.63) is 0 Å². The fraction of sp³-hybridized carbons (Fsp3) is 1.00. The van der Waals surface area contributed by atoms with E-state index in [9.17, 15) is 0 Å². The Kier molecular flexibility index (Phi) is 1.86. The van der Waals surface area contributed by atoms with Gasteiger partial charge in [0.15, 0.2) is 0 Å². The molecular weight excluding hydrogens is 102 g/mol. The van der Waals surface area contributed by atoms with Gasteiger partial charge in [-0.15, -0.1) is 0 Å². The van der Waals surface area contributed by atoms with Gasteiger partial charge in [-0.2, -0.15) is 0 Å². The summed E-state index contributed by atoms with van der Waals surface area (Å²) < 4.78 is 5.20. The minimum atomic E-state index is 0.416. The Morgan fingerprint density at radius 3 is 2.00 bits per heavy atom. The van der Waals surface area contributed by atoms with Gasteiger partial charge in [0.05, 0.1) is 13.2 Å². The van der Waals surface area contributed by atoms with Gasteiger partial charge in [-0.25, -0.2) is 5.32 Å². The van der Waals surface area contributed by atoms with Gasteiger partial charge in [0.25, 0.3) is 0 Å². The molecule has 1 saturated heterocycles. The number of hydrogen-bond donors (Lipinski definition) is 0. The van der Waals surface area contributed by atoms with Crippen molar-refractivity contribution in [3.63, 3.8) is 0 Å². The van der Waals surface area contributed by atoms with Crippen molar-refractivity contribution in [1.29, 1.82) is 0 Å². The summed E-state index contributed by atoms with van der Waals surface area (Å²) in [4.78, 5) is 0. The minimum Gasteiger partial charge on any atom is -0.378 e. The Morgan fingerprint density at radius 2 is 1.75 bits per heavy atom. The Hall–Kier alpha value is -0.0800. The summed E-state index contributed by atoms with van der Waals surface area (Å²) in [5, 5.41) is 4.36. The number of hydrogen-bond acceptors (Lipinski definition) is 1. The van der Waals surface area contributed by atoms with Crippen molar-refractivity contribution in [2.75, 3.05) is 13.2 Å². The van der Waals surface area contributed by atoms with Crippen LogP contribution in [0, 0.1) is 0 Å². The quantitative estimate of drug-likeness (QED) is 0.447. The molecule has 47 valence electrons. The first kappa shape index (κ1) is 6.05. The van der Waals surface area contributed by atoms with E-state index in [4.69, 9.17) is 4.74 Å². The first-order chi connectivity index (χ1) is 3.79. The van der Waals surface area contributed by atoms with Gasteiger partial charge >= 0.3 is 0 Å². The summed E-state index contributed by atoms with van der Waals surface area (Å²) in [6.45, 7) is 5.78. The van der Waals surface area contributed by atoms with E-state index < -0.39 is 0 Å². The zero-order valence-corrected chi connectivity index (χ0v) is 5.42. The Balaban J connectivity index is 2.23. The molecule has 0 N–H and O–H groups in total. The number of ether oxygens (including phenoxy) is 1. The average molecular weight is 114 g/mol. The van der Waals surface area contributed by atoms with Gasteiger partial charge in [0.2, 0.25) is 0 Å². The molecule has 1 aliphatic heterocycles. The Morgan fingerprint density at radius 1 is 1.25 bits per heavy atom. The van der Waals surface area contributed by atoms with E-state index in [1.54, 1.807) is 0 Å². The molecule has 8 heavy (non-hydrogen) atoms. The third-order valence-electron chi connectivity index (χ3n) is 1.23. The van der Waals surface area contributed by atoms with Crippen LogP contribution in [0.1, 0.15) is 13.8 Å². The summed E-state index contributed by atoms with van der Waals surface area (Å²) in [5.74, 6) is 0. The SMILES string of the molecule is C[C@@H]1COC[C@H](C)[N]1. The third-order valence-corrected chi connectivity index (χ3v) is 1.23. The molecule has 1 rings (SSSR count). The highest BCUT2D eigenvalue weighted by Crippen LogP contribution is 1.98. The standard InChI is InChI=1S/C6H12NO/c1-5-3-8-4-6(2)7-5/h5-6H,3-4H2,1-2H3/t5-,6+. The monoisotopic (exact) mass is 114 g/mol. The summed E-state index contributed by atoms with van der Waals surface area (Å²) in [5.41, 5.74) is 0. The van der Waals surface area contributed by atoms with Gasteiger partial charge in [-0.3, -0.25) is 0 Å². The first-order valence-electron chi connectivity index (χ1n) is 3.06. The van der Waals surface area contributed by atoms with E-state index in [2.05, 4.69) is 19.2 Å². The summed E-state index contributed by atoms with van der Waals surface area (Å²) >= 11 is 0. The zero-order chi connectivity index (χ0) is 5.98. The molecule has 0 aromatic rings. The van der Waals surface area contributed by atoms with Gasteiger partial charge in [0.1, 0.15) is 0 Å². The van der Waals surface area contributed by atoms with Crippen LogP contribution in [0.2, 0.25) is 0 Å². The van der Waals surface area contributed by atoms with Gasteiger partial charge in [-0.1, -0.05) is 0 Å². The summed E-state index contributed by atoms with van der Waals surface area (Å²) in [6.07, 6.45) is 0. The lowest BCUT2D eigenvalue weighted by molar-refractivity contribution is 0.0533. The van der Waals surface area contributed by atoms with Crippen molar-refractivity contribution < 1.29 is 4.74 Å². The molecular formula is C6H12NO. The number of rotatable bonds is 0. The van der Waals surface area contributed by atoms with E-state index in [1.807, 2.05) is 0 Å². The highest BCUT2D eigenvalue weighted by molar-refractivity contribution is 4.70. The van der Waals surface area contributed by atoms with E-state index in [1.165, 1.54) is 0 Å². The third kappa shape index (κ3) is 1.46. The maximum Gasteiger partial charge on any atom is 0.0634 e. The molecule has 0 saturated carbocycles. The van der Waals surface area contributed by atoms with Crippen LogP contribution in [0.3, 0.4) is 0 Å². The molecule has 0 bridgehead atoms. The normalized spacial score (nSPS) is 39.8.